The normalized spacial score (nSPS) is 16.4. The third-order valence-corrected chi connectivity index (χ3v) is 5.66. The highest BCUT2D eigenvalue weighted by Crippen LogP contribution is 2.16. The molecule has 6 heteroatoms. The molecule has 2 aromatic rings. The van der Waals surface area contributed by atoms with Crippen molar-refractivity contribution < 1.29 is 4.52 Å². The van der Waals surface area contributed by atoms with Gasteiger partial charge in [0.15, 0.2) is 5.96 Å². The van der Waals surface area contributed by atoms with Crippen molar-refractivity contribution in [2.75, 3.05) is 26.7 Å². The number of hydrogen-bond acceptors (Lipinski definition) is 4. The molecule has 1 saturated heterocycles. The van der Waals surface area contributed by atoms with Crippen molar-refractivity contribution in [1.29, 1.82) is 0 Å². The lowest BCUT2D eigenvalue weighted by Crippen LogP contribution is -2.48. The lowest BCUT2D eigenvalue weighted by molar-refractivity contribution is 0.198. The van der Waals surface area contributed by atoms with Crippen LogP contribution >= 0.6 is 0 Å². The van der Waals surface area contributed by atoms with Crippen LogP contribution in [0.25, 0.3) is 0 Å². The second-order valence-corrected chi connectivity index (χ2v) is 7.67. The summed E-state index contributed by atoms with van der Waals surface area (Å²) in [6.07, 6.45) is 3.16. The van der Waals surface area contributed by atoms with Crippen molar-refractivity contribution in [2.24, 2.45) is 4.99 Å². The first-order valence-electron chi connectivity index (χ1n) is 10.2. The van der Waals surface area contributed by atoms with Gasteiger partial charge in [0.2, 0.25) is 0 Å². The van der Waals surface area contributed by atoms with Gasteiger partial charge in [-0.15, -0.1) is 0 Å². The molecule has 0 aliphatic carbocycles. The zero-order chi connectivity index (χ0) is 19.9. The van der Waals surface area contributed by atoms with Crippen LogP contribution in [-0.4, -0.2) is 48.7 Å². The molecule has 1 fully saturated rings. The predicted octanol–water partition coefficient (Wildman–Crippen LogP) is 2.97. The molecule has 1 aliphatic rings. The standard InChI is InChI=1S/C22H33N5O/c1-16-7-5-6-8-19(16)15-27-13-10-20(11-14-27)25-22(23-4)24-12-9-21-17(2)26-28-18(21)3/h5-8,20H,9-15H2,1-4H3,(H2,23,24,25). The van der Waals surface area contributed by atoms with Gasteiger partial charge in [-0.1, -0.05) is 29.4 Å². The quantitative estimate of drug-likeness (QED) is 0.593. The van der Waals surface area contributed by atoms with Crippen LogP contribution in [0.1, 0.15) is 41.0 Å². The van der Waals surface area contributed by atoms with Crippen molar-refractivity contribution in [3.63, 3.8) is 0 Å². The van der Waals surface area contributed by atoms with E-state index in [2.05, 4.69) is 56.9 Å². The number of benzene rings is 1. The number of nitrogens with one attached hydrogen (secondary N) is 2. The number of likely N-dealkylation sites (tertiary alicyclic amines) is 1. The fourth-order valence-corrected chi connectivity index (χ4v) is 3.82. The third-order valence-electron chi connectivity index (χ3n) is 5.66. The van der Waals surface area contributed by atoms with Crippen LogP contribution in [0.3, 0.4) is 0 Å². The Morgan fingerprint density at radius 2 is 1.96 bits per heavy atom. The monoisotopic (exact) mass is 383 g/mol. The van der Waals surface area contributed by atoms with E-state index in [1.165, 1.54) is 16.7 Å². The molecule has 0 amide bonds. The molecule has 0 atom stereocenters. The largest absolute Gasteiger partial charge is 0.361 e. The zero-order valence-electron chi connectivity index (χ0n) is 17.6. The maximum Gasteiger partial charge on any atom is 0.191 e. The van der Waals surface area contributed by atoms with Crippen LogP contribution in [0.2, 0.25) is 0 Å². The minimum Gasteiger partial charge on any atom is -0.361 e. The van der Waals surface area contributed by atoms with Gasteiger partial charge in [0.25, 0.3) is 0 Å². The van der Waals surface area contributed by atoms with Crippen LogP contribution in [-0.2, 0) is 13.0 Å². The highest BCUT2D eigenvalue weighted by atomic mass is 16.5. The smallest absolute Gasteiger partial charge is 0.191 e. The van der Waals surface area contributed by atoms with Gasteiger partial charge in [0.05, 0.1) is 5.69 Å². The molecule has 2 N–H and O–H groups in total. The molecular formula is C22H33N5O. The average molecular weight is 384 g/mol. The summed E-state index contributed by atoms with van der Waals surface area (Å²) in [6.45, 7) is 10.2. The Balaban J connectivity index is 1.41. The van der Waals surface area contributed by atoms with Gasteiger partial charge < -0.3 is 15.2 Å². The molecule has 6 nitrogen and oxygen atoms in total. The molecule has 3 rings (SSSR count). The summed E-state index contributed by atoms with van der Waals surface area (Å²) in [4.78, 5) is 6.94. The van der Waals surface area contributed by atoms with Gasteiger partial charge in [-0.3, -0.25) is 9.89 Å². The highest BCUT2D eigenvalue weighted by molar-refractivity contribution is 5.79. The Hall–Kier alpha value is -2.34. The third kappa shape index (κ3) is 5.35. The number of hydrogen-bond donors (Lipinski definition) is 2. The Kier molecular flexibility index (Phi) is 7.09. The lowest BCUT2D eigenvalue weighted by Gasteiger charge is -2.33. The summed E-state index contributed by atoms with van der Waals surface area (Å²) in [5, 5.41) is 11.0. The topological polar surface area (TPSA) is 65.7 Å². The van der Waals surface area contributed by atoms with E-state index in [9.17, 15) is 0 Å². The number of piperidine rings is 1. The average Bonchev–Trinajstić information content (AvgIpc) is 3.02. The molecule has 152 valence electrons. The summed E-state index contributed by atoms with van der Waals surface area (Å²) in [6, 6.07) is 9.15. The van der Waals surface area contributed by atoms with Crippen LogP contribution in [0, 0.1) is 20.8 Å². The number of rotatable bonds is 6. The maximum atomic E-state index is 5.23. The number of guanidine groups is 1. The lowest BCUT2D eigenvalue weighted by atomic mass is 10.0. The molecule has 0 spiro atoms. The fraction of sp³-hybridized carbons (Fsp3) is 0.545. The van der Waals surface area contributed by atoms with Crippen LogP contribution in [0.15, 0.2) is 33.8 Å². The molecule has 0 unspecified atom stereocenters. The summed E-state index contributed by atoms with van der Waals surface area (Å²) in [7, 11) is 1.83. The van der Waals surface area contributed by atoms with E-state index in [1.807, 2.05) is 20.9 Å². The highest BCUT2D eigenvalue weighted by Gasteiger charge is 2.20. The molecule has 1 aromatic carbocycles. The molecule has 1 aromatic heterocycles. The minimum atomic E-state index is 0.471. The first kappa shape index (κ1) is 20.4. The number of nitrogens with zero attached hydrogens (tertiary/aromatic N) is 3. The van der Waals surface area contributed by atoms with Gasteiger partial charge in [-0.05, 0) is 51.2 Å². The number of aryl methyl sites for hydroxylation is 3. The summed E-state index contributed by atoms with van der Waals surface area (Å²) >= 11 is 0. The molecule has 0 saturated carbocycles. The van der Waals surface area contributed by atoms with Crippen molar-refractivity contribution in [1.82, 2.24) is 20.7 Å². The van der Waals surface area contributed by atoms with E-state index in [4.69, 9.17) is 4.52 Å². The van der Waals surface area contributed by atoms with Gasteiger partial charge in [-0.2, -0.15) is 0 Å². The number of aromatic nitrogens is 1. The van der Waals surface area contributed by atoms with Crippen molar-refractivity contribution >= 4 is 5.96 Å². The Labute approximate surface area is 168 Å². The van der Waals surface area contributed by atoms with E-state index < -0.39 is 0 Å². The van der Waals surface area contributed by atoms with E-state index in [0.29, 0.717) is 6.04 Å². The van der Waals surface area contributed by atoms with Crippen molar-refractivity contribution in [3.05, 3.63) is 52.4 Å². The van der Waals surface area contributed by atoms with Gasteiger partial charge >= 0.3 is 0 Å². The fourth-order valence-electron chi connectivity index (χ4n) is 3.82. The maximum absolute atomic E-state index is 5.23. The van der Waals surface area contributed by atoms with E-state index >= 15 is 0 Å². The Morgan fingerprint density at radius 3 is 2.61 bits per heavy atom. The molecule has 28 heavy (non-hydrogen) atoms. The summed E-state index contributed by atoms with van der Waals surface area (Å²) in [5.41, 5.74) is 4.98. The summed E-state index contributed by atoms with van der Waals surface area (Å²) in [5.74, 6) is 1.78. The number of aliphatic imine (C=N–C) groups is 1. The van der Waals surface area contributed by atoms with E-state index in [1.54, 1.807) is 0 Å². The van der Waals surface area contributed by atoms with Crippen LogP contribution in [0.5, 0.6) is 0 Å². The Bertz CT molecular complexity index is 770. The first-order chi connectivity index (χ1) is 13.6. The molecule has 0 bridgehead atoms. The van der Waals surface area contributed by atoms with Crippen LogP contribution < -0.4 is 10.6 Å². The van der Waals surface area contributed by atoms with Crippen molar-refractivity contribution in [3.8, 4) is 0 Å². The van der Waals surface area contributed by atoms with Crippen molar-refractivity contribution in [2.45, 2.75) is 52.6 Å². The molecule has 2 heterocycles. The first-order valence-corrected chi connectivity index (χ1v) is 10.2. The Morgan fingerprint density at radius 1 is 1.21 bits per heavy atom. The van der Waals surface area contributed by atoms with E-state index in [0.717, 1.165) is 62.9 Å². The van der Waals surface area contributed by atoms with Gasteiger partial charge in [-0.25, -0.2) is 0 Å². The second kappa shape index (κ2) is 9.73. The molecule has 0 radical (unpaired) electrons. The molecule has 1 aliphatic heterocycles. The minimum absolute atomic E-state index is 0.471. The second-order valence-electron chi connectivity index (χ2n) is 7.67. The zero-order valence-corrected chi connectivity index (χ0v) is 17.6. The predicted molar refractivity (Wildman–Crippen MR) is 114 cm³/mol. The van der Waals surface area contributed by atoms with Gasteiger partial charge in [0.1, 0.15) is 5.76 Å². The molecular weight excluding hydrogens is 350 g/mol. The summed E-state index contributed by atoms with van der Waals surface area (Å²) < 4.78 is 5.23. The van der Waals surface area contributed by atoms with E-state index in [-0.39, 0.29) is 0 Å². The van der Waals surface area contributed by atoms with Gasteiger partial charge in [0, 0.05) is 44.8 Å². The SMILES string of the molecule is CN=C(NCCc1c(C)noc1C)NC1CCN(Cc2ccccc2C)CC1. The van der Waals surface area contributed by atoms with Crippen LogP contribution in [0.4, 0.5) is 0 Å².